The average molecular weight is 366 g/mol. The average Bonchev–Trinajstić information content (AvgIpc) is 2.52. The highest BCUT2D eigenvalue weighted by molar-refractivity contribution is 5.98. The summed E-state index contributed by atoms with van der Waals surface area (Å²) in [6.45, 7) is 4.73. The number of esters is 1. The molecule has 0 bridgehead atoms. The molecule has 0 aliphatic carbocycles. The van der Waals surface area contributed by atoms with E-state index in [0.717, 1.165) is 6.07 Å². The third kappa shape index (κ3) is 5.72. The number of benzene rings is 1. The van der Waals surface area contributed by atoms with Crippen LogP contribution in [-0.2, 0) is 9.53 Å². The number of amides is 3. The Kier molecular flexibility index (Phi) is 7.06. The number of rotatable bonds is 6. The molecule has 0 unspecified atom stereocenters. The first kappa shape index (κ1) is 20.9. The maximum Gasteiger partial charge on any atom is 0.339 e. The topological polar surface area (TPSA) is 131 Å². The van der Waals surface area contributed by atoms with Crippen molar-refractivity contribution in [2.75, 3.05) is 19.0 Å². The van der Waals surface area contributed by atoms with Crippen molar-refractivity contribution in [2.24, 2.45) is 0 Å². The van der Waals surface area contributed by atoms with Gasteiger partial charge < -0.3 is 15.0 Å². The number of anilines is 1. The molecule has 1 aromatic rings. The highest BCUT2D eigenvalue weighted by Gasteiger charge is 2.24. The molecule has 0 spiro atoms. The number of hydrogen-bond donors (Lipinski definition) is 2. The van der Waals surface area contributed by atoms with Gasteiger partial charge in [0, 0.05) is 26.2 Å². The van der Waals surface area contributed by atoms with Crippen molar-refractivity contribution < 1.29 is 24.0 Å². The first-order chi connectivity index (χ1) is 12.0. The lowest BCUT2D eigenvalue weighted by atomic mass is 10.1. The minimum absolute atomic E-state index is 0.0754. The van der Waals surface area contributed by atoms with Crippen LogP contribution in [0.1, 0.15) is 31.1 Å². The molecule has 10 heteroatoms. The molecule has 0 fully saturated rings. The fourth-order valence-corrected chi connectivity index (χ4v) is 1.97. The molecule has 0 radical (unpaired) electrons. The second-order valence-corrected chi connectivity index (χ2v) is 6.02. The first-order valence-electron chi connectivity index (χ1n) is 7.81. The lowest BCUT2D eigenvalue weighted by molar-refractivity contribution is -0.384. The molecule has 0 saturated heterocycles. The van der Waals surface area contributed by atoms with Crippen LogP contribution in [-0.4, -0.2) is 49.1 Å². The summed E-state index contributed by atoms with van der Waals surface area (Å²) in [6, 6.07) is 2.97. The fourth-order valence-electron chi connectivity index (χ4n) is 1.97. The number of carbonyl (C=O) groups excluding carboxylic acids is 3. The molecule has 142 valence electrons. The molecule has 3 amide bonds. The Labute approximate surface area is 150 Å². The molecular weight excluding hydrogens is 344 g/mol. The van der Waals surface area contributed by atoms with E-state index < -0.39 is 28.9 Å². The van der Waals surface area contributed by atoms with Crippen molar-refractivity contribution in [3.05, 3.63) is 33.9 Å². The van der Waals surface area contributed by atoms with E-state index in [1.165, 1.54) is 24.0 Å². The van der Waals surface area contributed by atoms with Gasteiger partial charge in [-0.15, -0.1) is 0 Å². The maximum atomic E-state index is 12.1. The predicted molar refractivity (Wildman–Crippen MR) is 94.1 cm³/mol. The normalized spacial score (nSPS) is 11.5. The molecule has 1 atom stereocenters. The van der Waals surface area contributed by atoms with Crippen molar-refractivity contribution in [1.29, 1.82) is 0 Å². The lowest BCUT2D eigenvalue weighted by Gasteiger charge is -2.15. The Bertz CT molecular complexity index is 717. The van der Waals surface area contributed by atoms with Gasteiger partial charge in [-0.2, -0.15) is 0 Å². The smallest absolute Gasteiger partial charge is 0.339 e. The van der Waals surface area contributed by atoms with Gasteiger partial charge in [0.15, 0.2) is 6.10 Å². The predicted octanol–water partition coefficient (Wildman–Crippen LogP) is 1.44. The van der Waals surface area contributed by atoms with Crippen LogP contribution < -0.4 is 15.5 Å². The summed E-state index contributed by atoms with van der Waals surface area (Å²) in [5.41, 5.74) is -0.0193. The van der Waals surface area contributed by atoms with Crippen molar-refractivity contribution in [1.82, 2.24) is 10.6 Å². The molecule has 0 saturated carbocycles. The Morgan fingerprint density at radius 1 is 1.19 bits per heavy atom. The maximum absolute atomic E-state index is 12.1. The Morgan fingerprint density at radius 2 is 1.81 bits per heavy atom. The van der Waals surface area contributed by atoms with Gasteiger partial charge in [-0.25, -0.2) is 9.59 Å². The minimum Gasteiger partial charge on any atom is -0.449 e. The number of nitrogens with one attached hydrogen (secondary N) is 2. The Hall–Kier alpha value is -3.17. The highest BCUT2D eigenvalue weighted by Crippen LogP contribution is 2.28. The second kappa shape index (κ2) is 8.79. The number of imide groups is 1. The van der Waals surface area contributed by atoms with Crippen LogP contribution in [0.15, 0.2) is 18.2 Å². The first-order valence-corrected chi connectivity index (χ1v) is 7.81. The van der Waals surface area contributed by atoms with E-state index >= 15 is 0 Å². The van der Waals surface area contributed by atoms with Crippen molar-refractivity contribution >= 4 is 29.3 Å². The van der Waals surface area contributed by atoms with Gasteiger partial charge in [0.25, 0.3) is 11.6 Å². The number of nitro groups is 1. The molecule has 0 aliphatic rings. The van der Waals surface area contributed by atoms with E-state index in [-0.39, 0.29) is 17.3 Å². The van der Waals surface area contributed by atoms with E-state index in [2.05, 4.69) is 5.32 Å². The van der Waals surface area contributed by atoms with Gasteiger partial charge in [0.2, 0.25) is 0 Å². The zero-order chi connectivity index (χ0) is 20.0. The van der Waals surface area contributed by atoms with Crippen LogP contribution in [0, 0.1) is 10.1 Å². The van der Waals surface area contributed by atoms with E-state index in [4.69, 9.17) is 4.74 Å². The molecule has 10 nitrogen and oxygen atoms in total. The van der Waals surface area contributed by atoms with Crippen LogP contribution in [0.25, 0.3) is 0 Å². The largest absolute Gasteiger partial charge is 0.449 e. The van der Waals surface area contributed by atoms with Crippen molar-refractivity contribution in [2.45, 2.75) is 32.9 Å². The van der Waals surface area contributed by atoms with Gasteiger partial charge >= 0.3 is 12.0 Å². The summed E-state index contributed by atoms with van der Waals surface area (Å²) >= 11 is 0. The van der Waals surface area contributed by atoms with Crippen LogP contribution in [0.2, 0.25) is 0 Å². The number of carbonyl (C=O) groups is 3. The molecule has 26 heavy (non-hydrogen) atoms. The summed E-state index contributed by atoms with van der Waals surface area (Å²) in [5.74, 6) is -1.72. The molecule has 0 aromatic heterocycles. The summed E-state index contributed by atoms with van der Waals surface area (Å²) in [5, 5.41) is 15.7. The van der Waals surface area contributed by atoms with Crippen LogP contribution in [0.5, 0.6) is 0 Å². The number of urea groups is 1. The Balaban J connectivity index is 2.84. The number of ether oxygens (including phenoxy) is 1. The second-order valence-electron chi connectivity index (χ2n) is 6.02. The Morgan fingerprint density at radius 3 is 2.31 bits per heavy atom. The highest BCUT2D eigenvalue weighted by atomic mass is 16.6. The zero-order valence-corrected chi connectivity index (χ0v) is 15.2. The monoisotopic (exact) mass is 366 g/mol. The third-order valence-electron chi connectivity index (χ3n) is 3.20. The van der Waals surface area contributed by atoms with Crippen molar-refractivity contribution in [3.63, 3.8) is 0 Å². The van der Waals surface area contributed by atoms with Gasteiger partial charge in [-0.3, -0.25) is 20.2 Å². The summed E-state index contributed by atoms with van der Waals surface area (Å²) < 4.78 is 4.97. The van der Waals surface area contributed by atoms with Gasteiger partial charge in [0.1, 0.15) is 5.69 Å². The number of hydrogen-bond acceptors (Lipinski definition) is 7. The summed E-state index contributed by atoms with van der Waals surface area (Å²) in [7, 11) is 3.27. The molecular formula is C16H22N4O6. The van der Waals surface area contributed by atoms with Gasteiger partial charge in [-0.05, 0) is 32.9 Å². The molecule has 1 rings (SSSR count). The van der Waals surface area contributed by atoms with Gasteiger partial charge in [-0.1, -0.05) is 0 Å². The zero-order valence-electron chi connectivity index (χ0n) is 15.2. The minimum atomic E-state index is -1.26. The van der Waals surface area contributed by atoms with Crippen LogP contribution >= 0.6 is 0 Å². The molecule has 1 aromatic carbocycles. The molecule has 0 aliphatic heterocycles. The lowest BCUT2D eigenvalue weighted by Crippen LogP contribution is -2.46. The van der Waals surface area contributed by atoms with E-state index in [9.17, 15) is 24.5 Å². The molecule has 2 N–H and O–H groups in total. The van der Waals surface area contributed by atoms with E-state index in [0.29, 0.717) is 5.69 Å². The summed E-state index contributed by atoms with van der Waals surface area (Å²) in [4.78, 5) is 47.6. The van der Waals surface area contributed by atoms with E-state index in [1.807, 2.05) is 5.32 Å². The molecule has 0 heterocycles. The van der Waals surface area contributed by atoms with Crippen molar-refractivity contribution in [3.8, 4) is 0 Å². The SMILES string of the molecule is CC(C)NC(=O)NC(=O)[C@H](C)OC(=O)c1ccc(N(C)C)c([N+](=O)[O-])c1. The number of nitrogens with zero attached hydrogens (tertiary/aromatic N) is 2. The standard InChI is InChI=1S/C16H22N4O6/c1-9(2)17-16(23)18-14(21)10(3)26-15(22)11-6-7-12(19(4)5)13(8-11)20(24)25/h6-10H,1-5H3,(H2,17,18,21,23)/t10-/m0/s1. The third-order valence-corrected chi connectivity index (χ3v) is 3.20. The van der Waals surface area contributed by atoms with E-state index in [1.54, 1.807) is 27.9 Å². The summed E-state index contributed by atoms with van der Waals surface area (Å²) in [6.07, 6.45) is -1.26. The van der Waals surface area contributed by atoms with Crippen LogP contribution in [0.4, 0.5) is 16.2 Å². The number of nitro benzene ring substituents is 1. The van der Waals surface area contributed by atoms with Crippen LogP contribution in [0.3, 0.4) is 0 Å². The van der Waals surface area contributed by atoms with Gasteiger partial charge in [0.05, 0.1) is 10.5 Å². The fraction of sp³-hybridized carbons (Fsp3) is 0.438. The quantitative estimate of drug-likeness (QED) is 0.442.